The summed E-state index contributed by atoms with van der Waals surface area (Å²) in [6, 6.07) is 9.05. The summed E-state index contributed by atoms with van der Waals surface area (Å²) >= 11 is 0. The number of carbonyl (C=O) groups excluding carboxylic acids is 1. The molecule has 0 bridgehead atoms. The molecule has 0 aliphatic heterocycles. The fourth-order valence-electron chi connectivity index (χ4n) is 3.05. The number of furan rings is 1. The van der Waals surface area contributed by atoms with Crippen LogP contribution in [0.1, 0.15) is 25.7 Å². The van der Waals surface area contributed by atoms with E-state index in [0.717, 1.165) is 23.9 Å². The first kappa shape index (κ1) is 14.0. The maximum absolute atomic E-state index is 12.3. The molecular weight excluding hydrogens is 294 g/mol. The zero-order valence-electron chi connectivity index (χ0n) is 12.5. The summed E-state index contributed by atoms with van der Waals surface area (Å²) in [4.78, 5) is 19.9. The second-order valence-corrected chi connectivity index (χ2v) is 5.99. The number of amides is 1. The van der Waals surface area contributed by atoms with Gasteiger partial charge in [-0.05, 0) is 56.0 Å². The molecule has 1 fully saturated rings. The van der Waals surface area contributed by atoms with Crippen LogP contribution in [-0.2, 0) is 4.79 Å². The molecule has 3 N–H and O–H groups in total. The lowest BCUT2D eigenvalue weighted by atomic mass is 10.0. The first-order valence-corrected chi connectivity index (χ1v) is 7.72. The van der Waals surface area contributed by atoms with E-state index < -0.39 is 5.60 Å². The minimum absolute atomic E-state index is 0.333. The van der Waals surface area contributed by atoms with Crippen LogP contribution in [0.2, 0.25) is 0 Å². The molecule has 6 heteroatoms. The Labute approximate surface area is 132 Å². The van der Waals surface area contributed by atoms with Gasteiger partial charge in [0.05, 0.1) is 17.3 Å². The Morgan fingerprint density at radius 3 is 2.87 bits per heavy atom. The fourth-order valence-corrected chi connectivity index (χ4v) is 3.05. The molecule has 1 saturated carbocycles. The number of anilines is 1. The fraction of sp³-hybridized carbons (Fsp3) is 0.294. The number of aromatic amines is 1. The Kier molecular flexibility index (Phi) is 3.20. The Bertz CT molecular complexity index is 845. The van der Waals surface area contributed by atoms with Crippen molar-refractivity contribution >= 4 is 22.6 Å². The van der Waals surface area contributed by atoms with E-state index in [0.29, 0.717) is 30.1 Å². The van der Waals surface area contributed by atoms with Gasteiger partial charge in [0.25, 0.3) is 5.91 Å². The molecule has 2 aromatic heterocycles. The monoisotopic (exact) mass is 311 g/mol. The van der Waals surface area contributed by atoms with Gasteiger partial charge in [-0.1, -0.05) is 0 Å². The van der Waals surface area contributed by atoms with E-state index in [-0.39, 0.29) is 5.91 Å². The Morgan fingerprint density at radius 2 is 2.13 bits per heavy atom. The van der Waals surface area contributed by atoms with Crippen LogP contribution in [0, 0.1) is 0 Å². The molecule has 1 aromatic carbocycles. The van der Waals surface area contributed by atoms with Gasteiger partial charge >= 0.3 is 0 Å². The van der Waals surface area contributed by atoms with Crippen LogP contribution in [0.4, 0.5) is 5.69 Å². The summed E-state index contributed by atoms with van der Waals surface area (Å²) in [7, 11) is 0. The highest BCUT2D eigenvalue weighted by Crippen LogP contribution is 2.31. The Hall–Kier alpha value is -2.60. The third-order valence-electron chi connectivity index (χ3n) is 4.35. The number of nitrogens with one attached hydrogen (secondary N) is 2. The van der Waals surface area contributed by atoms with E-state index in [4.69, 9.17) is 4.42 Å². The SMILES string of the molecule is O=C(Nc1ccc2nc(-c3ccco3)[nH]c2c1)C1(O)CCCC1. The van der Waals surface area contributed by atoms with E-state index in [1.54, 1.807) is 18.4 Å². The van der Waals surface area contributed by atoms with Gasteiger partial charge in [0.2, 0.25) is 0 Å². The van der Waals surface area contributed by atoms with Crippen LogP contribution in [-0.4, -0.2) is 26.6 Å². The quantitative estimate of drug-likeness (QED) is 0.693. The molecule has 0 unspecified atom stereocenters. The summed E-state index contributed by atoms with van der Waals surface area (Å²) in [5.41, 5.74) is 0.987. The number of rotatable bonds is 3. The second kappa shape index (κ2) is 5.24. The number of imidazole rings is 1. The van der Waals surface area contributed by atoms with Gasteiger partial charge < -0.3 is 19.8 Å². The Morgan fingerprint density at radius 1 is 1.30 bits per heavy atom. The molecule has 6 nitrogen and oxygen atoms in total. The van der Waals surface area contributed by atoms with Crippen molar-refractivity contribution in [3.63, 3.8) is 0 Å². The lowest BCUT2D eigenvalue weighted by Crippen LogP contribution is -2.40. The molecule has 0 atom stereocenters. The summed E-state index contributed by atoms with van der Waals surface area (Å²) in [5.74, 6) is 0.968. The van der Waals surface area contributed by atoms with Gasteiger partial charge in [-0.3, -0.25) is 4.79 Å². The second-order valence-electron chi connectivity index (χ2n) is 5.99. The first-order valence-electron chi connectivity index (χ1n) is 7.72. The molecule has 0 saturated heterocycles. The van der Waals surface area contributed by atoms with E-state index >= 15 is 0 Å². The van der Waals surface area contributed by atoms with Crippen LogP contribution in [0.15, 0.2) is 41.0 Å². The molecule has 118 valence electrons. The van der Waals surface area contributed by atoms with Gasteiger partial charge in [-0.15, -0.1) is 0 Å². The smallest absolute Gasteiger partial charge is 0.256 e. The molecule has 1 aliphatic rings. The molecule has 23 heavy (non-hydrogen) atoms. The molecule has 1 amide bonds. The van der Waals surface area contributed by atoms with Crippen molar-refractivity contribution in [3.8, 4) is 11.6 Å². The van der Waals surface area contributed by atoms with E-state index in [1.165, 1.54) is 0 Å². The summed E-state index contributed by atoms with van der Waals surface area (Å²) < 4.78 is 5.33. The number of hydrogen-bond acceptors (Lipinski definition) is 4. The molecular formula is C17H17N3O3. The molecule has 0 radical (unpaired) electrons. The number of nitrogens with zero attached hydrogens (tertiary/aromatic N) is 1. The predicted octanol–water partition coefficient (Wildman–Crippen LogP) is 3.07. The molecule has 1 aliphatic carbocycles. The Balaban J connectivity index is 1.60. The first-order chi connectivity index (χ1) is 11.1. The van der Waals surface area contributed by atoms with Crippen molar-refractivity contribution in [2.45, 2.75) is 31.3 Å². The normalized spacial score (nSPS) is 16.7. The largest absolute Gasteiger partial charge is 0.461 e. The number of aromatic nitrogens is 2. The minimum atomic E-state index is -1.23. The number of hydrogen-bond donors (Lipinski definition) is 3. The zero-order valence-corrected chi connectivity index (χ0v) is 12.5. The average Bonchev–Trinajstić information content (AvgIpc) is 3.27. The maximum atomic E-state index is 12.3. The zero-order chi connectivity index (χ0) is 15.9. The van der Waals surface area contributed by atoms with Gasteiger partial charge in [0, 0.05) is 5.69 Å². The van der Waals surface area contributed by atoms with Gasteiger partial charge in [-0.2, -0.15) is 0 Å². The highest BCUT2D eigenvalue weighted by Gasteiger charge is 2.38. The van der Waals surface area contributed by atoms with Crippen LogP contribution in [0.3, 0.4) is 0 Å². The summed E-state index contributed by atoms with van der Waals surface area (Å²) in [6.45, 7) is 0. The van der Waals surface area contributed by atoms with Crippen molar-refractivity contribution in [2.24, 2.45) is 0 Å². The lowest BCUT2D eigenvalue weighted by Gasteiger charge is -2.20. The van der Waals surface area contributed by atoms with Crippen molar-refractivity contribution in [1.82, 2.24) is 9.97 Å². The number of carbonyl (C=O) groups is 1. The van der Waals surface area contributed by atoms with Gasteiger partial charge in [-0.25, -0.2) is 4.98 Å². The van der Waals surface area contributed by atoms with Crippen molar-refractivity contribution in [2.75, 3.05) is 5.32 Å². The van der Waals surface area contributed by atoms with Gasteiger partial charge in [0.1, 0.15) is 5.60 Å². The van der Waals surface area contributed by atoms with Crippen molar-refractivity contribution in [1.29, 1.82) is 0 Å². The van der Waals surface area contributed by atoms with Crippen LogP contribution < -0.4 is 5.32 Å². The minimum Gasteiger partial charge on any atom is -0.461 e. The average molecular weight is 311 g/mol. The third-order valence-corrected chi connectivity index (χ3v) is 4.35. The maximum Gasteiger partial charge on any atom is 0.256 e. The van der Waals surface area contributed by atoms with Crippen LogP contribution in [0.5, 0.6) is 0 Å². The summed E-state index contributed by atoms with van der Waals surface area (Å²) in [5, 5.41) is 13.1. The lowest BCUT2D eigenvalue weighted by molar-refractivity contribution is -0.133. The highest BCUT2D eigenvalue weighted by molar-refractivity contribution is 5.98. The van der Waals surface area contributed by atoms with Crippen LogP contribution in [0.25, 0.3) is 22.6 Å². The molecule has 0 spiro atoms. The van der Waals surface area contributed by atoms with E-state index in [2.05, 4.69) is 15.3 Å². The van der Waals surface area contributed by atoms with E-state index in [1.807, 2.05) is 18.2 Å². The van der Waals surface area contributed by atoms with E-state index in [9.17, 15) is 9.90 Å². The molecule has 2 heterocycles. The summed E-state index contributed by atoms with van der Waals surface area (Å²) in [6.07, 6.45) is 4.41. The molecule has 3 aromatic rings. The number of benzene rings is 1. The van der Waals surface area contributed by atoms with Gasteiger partial charge in [0.15, 0.2) is 11.6 Å². The van der Waals surface area contributed by atoms with Crippen LogP contribution >= 0.6 is 0 Å². The standard InChI is InChI=1S/C17H17N3O3/c21-16(17(22)7-1-2-8-17)18-11-5-6-12-13(10-11)20-15(19-12)14-4-3-9-23-14/h3-6,9-10,22H,1-2,7-8H2,(H,18,21)(H,19,20). The predicted molar refractivity (Wildman–Crippen MR) is 85.8 cm³/mol. The highest BCUT2D eigenvalue weighted by atomic mass is 16.3. The number of H-pyrrole nitrogens is 1. The number of fused-ring (bicyclic) bond motifs is 1. The third kappa shape index (κ3) is 2.51. The van der Waals surface area contributed by atoms with Crippen molar-refractivity contribution < 1.29 is 14.3 Å². The number of aliphatic hydroxyl groups is 1. The topological polar surface area (TPSA) is 91.2 Å². The molecule has 4 rings (SSSR count). The van der Waals surface area contributed by atoms with Crippen molar-refractivity contribution in [3.05, 3.63) is 36.6 Å².